The third kappa shape index (κ3) is 9.68. The van der Waals surface area contributed by atoms with Crippen LogP contribution in [-0.4, -0.2) is 46.3 Å². The minimum absolute atomic E-state index is 0.117. The molecule has 5 atom stereocenters. The average Bonchev–Trinajstić information content (AvgIpc) is 2.63. The molecule has 3 N–H and O–H groups in total. The van der Waals surface area contributed by atoms with Gasteiger partial charge in [0.25, 0.3) is 0 Å². The van der Waals surface area contributed by atoms with Crippen LogP contribution >= 0.6 is 0 Å². The summed E-state index contributed by atoms with van der Waals surface area (Å²) in [5.41, 5.74) is 0. The van der Waals surface area contributed by atoms with E-state index in [1.165, 1.54) is 77.0 Å². The third-order valence-corrected chi connectivity index (χ3v) is 5.86. The Kier molecular flexibility index (Phi) is 13.6. The smallest absolute Gasteiger partial charge is 0.111 e. The van der Waals surface area contributed by atoms with Gasteiger partial charge < -0.3 is 20.1 Å². The molecule has 0 aromatic carbocycles. The van der Waals surface area contributed by atoms with Crippen LogP contribution in [0.1, 0.15) is 104 Å². The van der Waals surface area contributed by atoms with Crippen LogP contribution < -0.4 is 0 Å². The maximum atomic E-state index is 10.0. The zero-order valence-corrected chi connectivity index (χ0v) is 17.2. The Labute approximate surface area is 161 Å². The summed E-state index contributed by atoms with van der Waals surface area (Å²) < 4.78 is 5.54. The van der Waals surface area contributed by atoms with E-state index in [9.17, 15) is 15.3 Å². The second kappa shape index (κ2) is 14.8. The van der Waals surface area contributed by atoms with E-state index in [0.29, 0.717) is 0 Å². The number of aliphatic hydroxyl groups excluding tert-OH is 3. The summed E-state index contributed by atoms with van der Waals surface area (Å²) in [4.78, 5) is 0. The highest BCUT2D eigenvalue weighted by Crippen LogP contribution is 2.25. The predicted octanol–water partition coefficient (Wildman–Crippen LogP) is 4.59. The Hall–Kier alpha value is -0.160. The molecule has 4 heteroatoms. The fraction of sp³-hybridized carbons (Fsp3) is 1.00. The molecule has 0 aromatic heterocycles. The van der Waals surface area contributed by atoms with Crippen LogP contribution in [-0.2, 0) is 4.74 Å². The lowest BCUT2D eigenvalue weighted by Crippen LogP contribution is -2.54. The molecule has 1 saturated heterocycles. The Morgan fingerprint density at radius 3 is 1.69 bits per heavy atom. The van der Waals surface area contributed by atoms with Gasteiger partial charge in [-0.1, -0.05) is 97.3 Å². The molecule has 1 rings (SSSR count). The molecular weight excluding hydrogens is 328 g/mol. The number of unbranched alkanes of at least 4 members (excludes halogenated alkanes) is 12. The number of ether oxygens (including phenoxy) is 1. The molecule has 1 heterocycles. The zero-order chi connectivity index (χ0) is 19.2. The first-order chi connectivity index (χ1) is 12.6. The molecule has 2 unspecified atom stereocenters. The zero-order valence-electron chi connectivity index (χ0n) is 17.2. The molecule has 4 nitrogen and oxygen atoms in total. The highest BCUT2D eigenvalue weighted by atomic mass is 16.5. The van der Waals surface area contributed by atoms with Gasteiger partial charge in [0.15, 0.2) is 0 Å². The van der Waals surface area contributed by atoms with Crippen molar-refractivity contribution in [3.8, 4) is 0 Å². The van der Waals surface area contributed by atoms with E-state index in [4.69, 9.17) is 4.74 Å². The van der Waals surface area contributed by atoms with Crippen molar-refractivity contribution in [3.63, 3.8) is 0 Å². The molecule has 0 radical (unpaired) electrons. The van der Waals surface area contributed by atoms with E-state index >= 15 is 0 Å². The lowest BCUT2D eigenvalue weighted by molar-refractivity contribution is -0.199. The van der Waals surface area contributed by atoms with Crippen LogP contribution in [0.15, 0.2) is 0 Å². The fourth-order valence-corrected chi connectivity index (χ4v) is 3.98. The van der Waals surface area contributed by atoms with Crippen molar-refractivity contribution in [2.75, 3.05) is 6.61 Å². The largest absolute Gasteiger partial charge is 0.388 e. The van der Waals surface area contributed by atoms with Crippen LogP contribution in [0.2, 0.25) is 0 Å². The van der Waals surface area contributed by atoms with E-state index in [0.717, 1.165) is 12.8 Å². The molecule has 26 heavy (non-hydrogen) atoms. The Morgan fingerprint density at radius 1 is 0.731 bits per heavy atom. The van der Waals surface area contributed by atoms with Gasteiger partial charge in [0.05, 0.1) is 12.7 Å². The van der Waals surface area contributed by atoms with E-state index in [-0.39, 0.29) is 18.6 Å². The van der Waals surface area contributed by atoms with E-state index in [1.54, 1.807) is 0 Å². The Bertz CT molecular complexity index is 323. The highest BCUT2D eigenvalue weighted by Gasteiger charge is 2.39. The number of hydrogen-bond donors (Lipinski definition) is 3. The Balaban J connectivity index is 1.91. The minimum Gasteiger partial charge on any atom is -0.388 e. The van der Waals surface area contributed by atoms with E-state index < -0.39 is 18.3 Å². The predicted molar refractivity (Wildman–Crippen MR) is 107 cm³/mol. The van der Waals surface area contributed by atoms with Gasteiger partial charge in [0.1, 0.15) is 18.3 Å². The molecule has 0 aliphatic carbocycles. The van der Waals surface area contributed by atoms with Gasteiger partial charge in [0.2, 0.25) is 0 Å². The summed E-state index contributed by atoms with van der Waals surface area (Å²) in [5.74, 6) is 0.208. The van der Waals surface area contributed by atoms with Crippen molar-refractivity contribution in [1.82, 2.24) is 0 Å². The average molecular weight is 373 g/mol. The molecule has 1 aliphatic heterocycles. The van der Waals surface area contributed by atoms with Crippen LogP contribution in [0.5, 0.6) is 0 Å². The van der Waals surface area contributed by atoms with Gasteiger partial charge in [-0.3, -0.25) is 0 Å². The topological polar surface area (TPSA) is 69.9 Å². The standard InChI is InChI=1S/C22H44O4/c1-3-4-5-6-7-8-9-10-11-12-13-14-15-16-18(2)22-21(25)20(24)19(23)17-26-22/h18-25H,3-17H2,1-2H3/t18?,19-,20+,21-,22?/m1/s1. The maximum absolute atomic E-state index is 10.0. The lowest BCUT2D eigenvalue weighted by Gasteiger charge is -2.38. The summed E-state index contributed by atoms with van der Waals surface area (Å²) in [6, 6.07) is 0. The quantitative estimate of drug-likeness (QED) is 0.368. The van der Waals surface area contributed by atoms with Crippen molar-refractivity contribution in [2.24, 2.45) is 5.92 Å². The van der Waals surface area contributed by atoms with Gasteiger partial charge in [-0.05, 0) is 12.3 Å². The molecule has 0 amide bonds. The summed E-state index contributed by atoms with van der Waals surface area (Å²) in [5, 5.41) is 29.3. The van der Waals surface area contributed by atoms with Crippen LogP contribution in [0, 0.1) is 5.92 Å². The van der Waals surface area contributed by atoms with Crippen molar-refractivity contribution in [1.29, 1.82) is 0 Å². The first-order valence-electron chi connectivity index (χ1n) is 11.2. The Morgan fingerprint density at radius 2 is 1.19 bits per heavy atom. The minimum atomic E-state index is -1.08. The van der Waals surface area contributed by atoms with Crippen molar-refractivity contribution >= 4 is 0 Å². The molecule has 1 fully saturated rings. The van der Waals surface area contributed by atoms with Crippen molar-refractivity contribution in [3.05, 3.63) is 0 Å². The van der Waals surface area contributed by atoms with Gasteiger partial charge in [-0.15, -0.1) is 0 Å². The van der Waals surface area contributed by atoms with E-state index in [1.807, 2.05) is 0 Å². The summed E-state index contributed by atoms with van der Waals surface area (Å²) in [6.45, 7) is 4.45. The maximum Gasteiger partial charge on any atom is 0.111 e. The third-order valence-electron chi connectivity index (χ3n) is 5.86. The number of hydrogen-bond acceptors (Lipinski definition) is 4. The SMILES string of the molecule is CCCCCCCCCCCCCCCC(C)C1OC[C@@H](O)[C@H](O)[C@H]1O. The van der Waals surface area contributed by atoms with Gasteiger partial charge >= 0.3 is 0 Å². The second-order valence-electron chi connectivity index (χ2n) is 8.36. The molecule has 0 bridgehead atoms. The molecule has 1 aliphatic rings. The first kappa shape index (κ1) is 23.9. The number of aliphatic hydroxyl groups is 3. The fourth-order valence-electron chi connectivity index (χ4n) is 3.98. The van der Waals surface area contributed by atoms with Crippen molar-refractivity contribution in [2.45, 2.75) is 128 Å². The monoisotopic (exact) mass is 372 g/mol. The summed E-state index contributed by atoms with van der Waals surface area (Å²) >= 11 is 0. The first-order valence-corrected chi connectivity index (χ1v) is 11.2. The normalized spacial score (nSPS) is 27.6. The van der Waals surface area contributed by atoms with Crippen LogP contribution in [0.25, 0.3) is 0 Å². The van der Waals surface area contributed by atoms with Gasteiger partial charge in [-0.2, -0.15) is 0 Å². The van der Waals surface area contributed by atoms with E-state index in [2.05, 4.69) is 13.8 Å². The van der Waals surface area contributed by atoms with Crippen LogP contribution in [0.4, 0.5) is 0 Å². The van der Waals surface area contributed by atoms with Gasteiger partial charge in [-0.25, -0.2) is 0 Å². The summed E-state index contributed by atoms with van der Waals surface area (Å²) in [6.07, 6.45) is 15.1. The highest BCUT2D eigenvalue weighted by molar-refractivity contribution is 4.88. The molecule has 0 saturated carbocycles. The van der Waals surface area contributed by atoms with Crippen molar-refractivity contribution < 1.29 is 20.1 Å². The molecular formula is C22H44O4. The number of rotatable bonds is 15. The molecule has 0 aromatic rings. The van der Waals surface area contributed by atoms with Gasteiger partial charge in [0, 0.05) is 0 Å². The summed E-state index contributed by atoms with van der Waals surface area (Å²) in [7, 11) is 0. The lowest BCUT2D eigenvalue weighted by atomic mass is 9.88. The van der Waals surface area contributed by atoms with Crippen LogP contribution in [0.3, 0.4) is 0 Å². The molecule has 156 valence electrons. The molecule has 0 spiro atoms. The second-order valence-corrected chi connectivity index (χ2v) is 8.36.